The van der Waals surface area contributed by atoms with E-state index in [1.165, 1.54) is 11.4 Å². The molecule has 0 aromatic carbocycles. The molecule has 1 rings (SSSR count). The highest BCUT2D eigenvalue weighted by atomic mass is 32.2. The molecule has 1 aliphatic heterocycles. The van der Waals surface area contributed by atoms with Crippen molar-refractivity contribution in [2.24, 2.45) is 5.92 Å². The molecular formula is C7H11NO4S. The van der Waals surface area contributed by atoms with Crippen LogP contribution in [0, 0.1) is 5.92 Å². The minimum atomic E-state index is -3.35. The van der Waals surface area contributed by atoms with Crippen molar-refractivity contribution in [2.45, 2.75) is 0 Å². The molecule has 0 aromatic rings. The molecule has 6 heteroatoms. The summed E-state index contributed by atoms with van der Waals surface area (Å²) in [5, 5.41) is 0.875. The topological polar surface area (TPSA) is 63.7 Å². The molecule has 5 nitrogen and oxygen atoms in total. The molecule has 0 radical (unpaired) electrons. The summed E-state index contributed by atoms with van der Waals surface area (Å²) in [4.78, 5) is 10.9. The van der Waals surface area contributed by atoms with E-state index in [0.717, 1.165) is 5.41 Å². The zero-order chi connectivity index (χ0) is 10.1. The van der Waals surface area contributed by atoms with Crippen LogP contribution in [0.25, 0.3) is 0 Å². The van der Waals surface area contributed by atoms with Crippen molar-refractivity contribution in [1.82, 2.24) is 4.31 Å². The van der Waals surface area contributed by atoms with Gasteiger partial charge in [-0.3, -0.25) is 4.79 Å². The summed E-state index contributed by atoms with van der Waals surface area (Å²) in [5.41, 5.74) is 0. The fraction of sp³-hybridized carbons (Fsp3) is 0.571. The molecule has 0 spiro atoms. The first-order chi connectivity index (χ1) is 6.01. The Bertz CT molecular complexity index is 315. The molecule has 0 unspecified atom stereocenters. The lowest BCUT2D eigenvalue weighted by atomic mass is 10.0. The normalized spacial score (nSPS) is 19.2. The Morgan fingerprint density at radius 2 is 2.15 bits per heavy atom. The number of carbonyl (C=O) groups is 1. The highest BCUT2D eigenvalue weighted by Gasteiger charge is 2.39. The average Bonchev–Trinajstić information content (AvgIpc) is 2.01. The fourth-order valence-corrected chi connectivity index (χ4v) is 2.05. The zero-order valence-electron chi connectivity index (χ0n) is 7.26. The van der Waals surface area contributed by atoms with Gasteiger partial charge < -0.3 is 4.74 Å². The van der Waals surface area contributed by atoms with Crippen molar-refractivity contribution < 1.29 is 17.9 Å². The number of sulfonamides is 1. The molecule has 0 atom stereocenters. The van der Waals surface area contributed by atoms with Crippen molar-refractivity contribution in [3.8, 4) is 0 Å². The number of carbonyl (C=O) groups excluding carboxylic acids is 1. The van der Waals surface area contributed by atoms with Crippen molar-refractivity contribution >= 4 is 16.0 Å². The maximum Gasteiger partial charge on any atom is 0.311 e. The van der Waals surface area contributed by atoms with E-state index in [2.05, 4.69) is 11.3 Å². The van der Waals surface area contributed by atoms with Gasteiger partial charge in [0.1, 0.15) is 0 Å². The molecule has 74 valence electrons. The number of hydrogen-bond donors (Lipinski definition) is 0. The van der Waals surface area contributed by atoms with E-state index in [4.69, 9.17) is 0 Å². The largest absolute Gasteiger partial charge is 0.469 e. The standard InChI is InChI=1S/C7H11NO4S/c1-3-13(10,11)8-4-6(5-8)7(9)12-2/h3,6H,1,4-5H2,2H3. The van der Waals surface area contributed by atoms with Gasteiger partial charge >= 0.3 is 5.97 Å². The molecule has 0 saturated carbocycles. The number of ether oxygens (including phenoxy) is 1. The van der Waals surface area contributed by atoms with Gasteiger partial charge in [-0.25, -0.2) is 8.42 Å². The lowest BCUT2D eigenvalue weighted by Gasteiger charge is -2.34. The quantitative estimate of drug-likeness (QED) is 0.586. The van der Waals surface area contributed by atoms with Crippen molar-refractivity contribution in [1.29, 1.82) is 0 Å². The van der Waals surface area contributed by atoms with Gasteiger partial charge in [0.05, 0.1) is 13.0 Å². The van der Waals surface area contributed by atoms with Gasteiger partial charge in [0.25, 0.3) is 0 Å². The molecule has 13 heavy (non-hydrogen) atoms. The molecule has 1 heterocycles. The molecule has 1 fully saturated rings. The minimum absolute atomic E-state index is 0.195. The highest BCUT2D eigenvalue weighted by molar-refractivity contribution is 7.92. The van der Waals surface area contributed by atoms with Crippen LogP contribution in [0.3, 0.4) is 0 Å². The zero-order valence-corrected chi connectivity index (χ0v) is 8.08. The molecule has 0 amide bonds. The summed E-state index contributed by atoms with van der Waals surface area (Å²) >= 11 is 0. The van der Waals surface area contributed by atoms with Gasteiger partial charge in [0.15, 0.2) is 0 Å². The van der Waals surface area contributed by atoms with E-state index in [0.29, 0.717) is 0 Å². The van der Waals surface area contributed by atoms with E-state index in [-0.39, 0.29) is 25.0 Å². The Morgan fingerprint density at radius 3 is 2.54 bits per heavy atom. The van der Waals surface area contributed by atoms with Crippen LogP contribution in [0.4, 0.5) is 0 Å². The van der Waals surface area contributed by atoms with Crippen LogP contribution in [0.15, 0.2) is 12.0 Å². The second-order valence-corrected chi connectivity index (χ2v) is 4.63. The summed E-state index contributed by atoms with van der Waals surface area (Å²) in [7, 11) is -2.06. The predicted octanol–water partition coefficient (Wildman–Crippen LogP) is -0.435. The number of rotatable bonds is 3. The minimum Gasteiger partial charge on any atom is -0.469 e. The number of hydrogen-bond acceptors (Lipinski definition) is 4. The number of methoxy groups -OCH3 is 1. The molecule has 0 bridgehead atoms. The van der Waals surface area contributed by atoms with E-state index < -0.39 is 10.0 Å². The first kappa shape index (κ1) is 10.2. The second-order valence-electron chi connectivity index (χ2n) is 2.75. The molecule has 1 aliphatic rings. The molecule has 0 aromatic heterocycles. The van der Waals surface area contributed by atoms with Crippen LogP contribution in [-0.4, -0.2) is 38.9 Å². The number of nitrogens with zero attached hydrogens (tertiary/aromatic N) is 1. The van der Waals surface area contributed by atoms with Crippen molar-refractivity contribution in [2.75, 3.05) is 20.2 Å². The SMILES string of the molecule is C=CS(=O)(=O)N1CC(C(=O)OC)C1. The monoisotopic (exact) mass is 205 g/mol. The fourth-order valence-electron chi connectivity index (χ4n) is 1.07. The molecule has 0 aliphatic carbocycles. The van der Waals surface area contributed by atoms with Crippen LogP contribution in [-0.2, 0) is 19.6 Å². The Balaban J connectivity index is 2.51. The van der Waals surface area contributed by atoms with Gasteiger partial charge in [0, 0.05) is 18.5 Å². The molecular weight excluding hydrogens is 194 g/mol. The Hall–Kier alpha value is -0.880. The Morgan fingerprint density at radius 1 is 1.62 bits per heavy atom. The Labute approximate surface area is 77.0 Å². The lowest BCUT2D eigenvalue weighted by molar-refractivity contribution is -0.149. The van der Waals surface area contributed by atoms with E-state index >= 15 is 0 Å². The summed E-state index contributed by atoms with van der Waals surface area (Å²) < 4.78 is 27.8. The summed E-state index contributed by atoms with van der Waals surface area (Å²) in [6, 6.07) is 0. The lowest BCUT2D eigenvalue weighted by Crippen LogP contribution is -2.52. The van der Waals surface area contributed by atoms with E-state index in [9.17, 15) is 13.2 Å². The first-order valence-electron chi connectivity index (χ1n) is 3.71. The molecule has 0 N–H and O–H groups in total. The van der Waals surface area contributed by atoms with Gasteiger partial charge in [-0.2, -0.15) is 4.31 Å². The van der Waals surface area contributed by atoms with Gasteiger partial charge in [-0.15, -0.1) is 0 Å². The maximum absolute atomic E-state index is 11.1. The van der Waals surface area contributed by atoms with E-state index in [1.807, 2.05) is 0 Å². The number of esters is 1. The summed E-state index contributed by atoms with van der Waals surface area (Å²) in [6.07, 6.45) is 0. The third-order valence-electron chi connectivity index (χ3n) is 1.95. The smallest absolute Gasteiger partial charge is 0.311 e. The van der Waals surface area contributed by atoms with Crippen molar-refractivity contribution in [3.05, 3.63) is 12.0 Å². The summed E-state index contributed by atoms with van der Waals surface area (Å²) in [5.74, 6) is -0.685. The summed E-state index contributed by atoms with van der Waals surface area (Å²) in [6.45, 7) is 3.57. The van der Waals surface area contributed by atoms with Gasteiger partial charge in [-0.1, -0.05) is 6.58 Å². The van der Waals surface area contributed by atoms with Gasteiger partial charge in [-0.05, 0) is 0 Å². The maximum atomic E-state index is 11.1. The second kappa shape index (κ2) is 3.47. The van der Waals surface area contributed by atoms with E-state index in [1.54, 1.807) is 0 Å². The average molecular weight is 205 g/mol. The van der Waals surface area contributed by atoms with Crippen LogP contribution in [0.2, 0.25) is 0 Å². The van der Waals surface area contributed by atoms with Gasteiger partial charge in [0.2, 0.25) is 10.0 Å². The predicted molar refractivity (Wildman–Crippen MR) is 46.2 cm³/mol. The van der Waals surface area contributed by atoms with Crippen molar-refractivity contribution in [3.63, 3.8) is 0 Å². The van der Waals surface area contributed by atoms with Crippen LogP contribution < -0.4 is 0 Å². The molecule has 1 saturated heterocycles. The first-order valence-corrected chi connectivity index (χ1v) is 5.22. The third-order valence-corrected chi connectivity index (χ3v) is 3.39. The van der Waals surface area contributed by atoms with Crippen LogP contribution >= 0.6 is 0 Å². The highest BCUT2D eigenvalue weighted by Crippen LogP contribution is 2.20. The third kappa shape index (κ3) is 1.89. The van der Waals surface area contributed by atoms with Crippen LogP contribution in [0.5, 0.6) is 0 Å². The Kier molecular flexibility index (Phi) is 2.72. The van der Waals surface area contributed by atoms with Crippen LogP contribution in [0.1, 0.15) is 0 Å².